The molecule has 60 valence electrons. The van der Waals surface area contributed by atoms with E-state index in [2.05, 4.69) is 4.89 Å². The number of quaternary nitrogens is 1. The zero-order valence-corrected chi connectivity index (χ0v) is 6.26. The Morgan fingerprint density at radius 1 is 1.70 bits per heavy atom. The molecule has 4 nitrogen and oxygen atoms in total. The molecule has 0 aromatic rings. The Kier molecular flexibility index (Phi) is 1.96. The molecule has 0 amide bonds. The van der Waals surface area contributed by atoms with Crippen LogP contribution >= 0.6 is 0 Å². The van der Waals surface area contributed by atoms with E-state index in [9.17, 15) is 5.21 Å². The molecule has 1 saturated heterocycles. The largest absolute Gasteiger partial charge is 0.632 e. The van der Waals surface area contributed by atoms with Gasteiger partial charge in [-0.2, -0.15) is 4.89 Å². The predicted molar refractivity (Wildman–Crippen MR) is 35.1 cm³/mol. The van der Waals surface area contributed by atoms with Gasteiger partial charge in [-0.05, 0) is 13.8 Å². The van der Waals surface area contributed by atoms with Crippen LogP contribution in [0.15, 0.2) is 0 Å². The number of hydroxylamine groups is 2. The molecule has 1 fully saturated rings. The maximum absolute atomic E-state index is 11.2. The van der Waals surface area contributed by atoms with Gasteiger partial charge in [-0.25, -0.2) is 5.26 Å². The van der Waals surface area contributed by atoms with E-state index < -0.39 is 6.23 Å². The lowest BCUT2D eigenvalue weighted by molar-refractivity contribution is -0.942. The monoisotopic (exact) mass is 147 g/mol. The molecule has 0 bridgehead atoms. The van der Waals surface area contributed by atoms with E-state index in [1.165, 1.54) is 0 Å². The molecule has 2 N–H and O–H groups in total. The van der Waals surface area contributed by atoms with Crippen LogP contribution in [0.25, 0.3) is 0 Å². The van der Waals surface area contributed by atoms with E-state index in [4.69, 9.17) is 5.26 Å². The Morgan fingerprint density at radius 3 is 2.50 bits per heavy atom. The minimum absolute atomic E-state index is 0.00926. The number of hydrogen-bond donors (Lipinski definition) is 2. The van der Waals surface area contributed by atoms with Gasteiger partial charge in [-0.15, -0.1) is 0 Å². The normalized spacial score (nSPS) is 38.4. The van der Waals surface area contributed by atoms with Gasteiger partial charge < -0.3 is 10.3 Å². The minimum Gasteiger partial charge on any atom is -0.632 e. The Bertz CT molecular complexity index is 126. The molecule has 10 heavy (non-hydrogen) atoms. The van der Waals surface area contributed by atoms with Gasteiger partial charge in [0, 0.05) is 12.8 Å². The summed E-state index contributed by atoms with van der Waals surface area (Å²) in [5.41, 5.74) is -0.298. The summed E-state index contributed by atoms with van der Waals surface area (Å²) >= 11 is 0. The van der Waals surface area contributed by atoms with Crippen molar-refractivity contribution in [3.05, 3.63) is 5.21 Å². The van der Waals surface area contributed by atoms with Gasteiger partial charge in [0.05, 0.1) is 5.54 Å². The Hall–Kier alpha value is -0.160. The van der Waals surface area contributed by atoms with Gasteiger partial charge in [0.25, 0.3) is 0 Å². The second-order valence-electron chi connectivity index (χ2n) is 3.38. The summed E-state index contributed by atoms with van der Waals surface area (Å²) in [7, 11) is 0. The summed E-state index contributed by atoms with van der Waals surface area (Å²) in [6.07, 6.45) is 0.870. The second-order valence-corrected chi connectivity index (χ2v) is 3.38. The van der Waals surface area contributed by atoms with Gasteiger partial charge in [0.2, 0.25) is 6.23 Å². The molecule has 0 spiro atoms. The van der Waals surface area contributed by atoms with Crippen LogP contribution in [0.3, 0.4) is 0 Å². The Morgan fingerprint density at radius 2 is 2.30 bits per heavy atom. The molecule has 1 rings (SSSR count). The molecule has 4 heteroatoms. The second kappa shape index (κ2) is 2.47. The van der Waals surface area contributed by atoms with Crippen molar-refractivity contribution in [1.82, 2.24) is 0 Å². The van der Waals surface area contributed by atoms with Crippen LogP contribution in [0.1, 0.15) is 26.7 Å². The third kappa shape index (κ3) is 1.15. The summed E-state index contributed by atoms with van der Waals surface area (Å²) in [5, 5.41) is 19.4. The van der Waals surface area contributed by atoms with Gasteiger partial charge >= 0.3 is 0 Å². The van der Waals surface area contributed by atoms with Crippen LogP contribution in [0.2, 0.25) is 0 Å². The van der Waals surface area contributed by atoms with Crippen LogP contribution in [-0.4, -0.2) is 17.0 Å². The summed E-state index contributed by atoms with van der Waals surface area (Å²) in [4.78, 5) is 4.01. The van der Waals surface area contributed by atoms with Crippen molar-refractivity contribution in [2.24, 2.45) is 0 Å². The zero-order valence-electron chi connectivity index (χ0n) is 6.26. The van der Waals surface area contributed by atoms with Crippen molar-refractivity contribution in [2.45, 2.75) is 38.5 Å². The maximum Gasteiger partial charge on any atom is 0.222 e. The van der Waals surface area contributed by atoms with E-state index in [-0.39, 0.29) is 10.6 Å². The van der Waals surface area contributed by atoms with Crippen molar-refractivity contribution >= 4 is 0 Å². The van der Waals surface area contributed by atoms with Crippen LogP contribution in [-0.2, 0) is 4.89 Å². The highest BCUT2D eigenvalue weighted by Gasteiger charge is 2.39. The first-order chi connectivity index (χ1) is 4.58. The summed E-state index contributed by atoms with van der Waals surface area (Å²) in [6, 6.07) is 0. The molecule has 0 radical (unpaired) electrons. The predicted octanol–water partition coefficient (Wildman–Crippen LogP) is -0.243. The SMILES string of the molecule is CC1(C)CCC(OO)[NH+]1[O-]. The lowest BCUT2D eigenvalue weighted by Gasteiger charge is -2.33. The molecule has 2 atom stereocenters. The molecule has 1 heterocycles. The number of rotatable bonds is 1. The zero-order chi connectivity index (χ0) is 7.78. The Labute approximate surface area is 59.9 Å². The third-order valence-corrected chi connectivity index (χ3v) is 2.12. The van der Waals surface area contributed by atoms with Gasteiger partial charge in [-0.3, -0.25) is 0 Å². The van der Waals surface area contributed by atoms with Crippen LogP contribution < -0.4 is 5.06 Å². The lowest BCUT2D eigenvalue weighted by Crippen LogP contribution is -3.16. The highest BCUT2D eigenvalue weighted by Crippen LogP contribution is 2.16. The fourth-order valence-corrected chi connectivity index (χ4v) is 1.28. The van der Waals surface area contributed by atoms with Crippen molar-refractivity contribution in [3.8, 4) is 0 Å². The van der Waals surface area contributed by atoms with Gasteiger partial charge in [-0.1, -0.05) is 0 Å². The average molecular weight is 147 g/mol. The summed E-state index contributed by atoms with van der Waals surface area (Å²) in [5.74, 6) is 0. The third-order valence-electron chi connectivity index (χ3n) is 2.12. The number of nitrogens with one attached hydrogen (secondary N) is 1. The number of hydrogen-bond acceptors (Lipinski definition) is 3. The first-order valence-corrected chi connectivity index (χ1v) is 3.42. The molecular formula is C6H13NO3. The smallest absolute Gasteiger partial charge is 0.222 e. The molecule has 0 aromatic heterocycles. The van der Waals surface area contributed by atoms with Crippen molar-refractivity contribution in [1.29, 1.82) is 0 Å². The lowest BCUT2D eigenvalue weighted by atomic mass is 10.0. The van der Waals surface area contributed by atoms with E-state index in [1.807, 2.05) is 13.8 Å². The first kappa shape index (κ1) is 7.94. The van der Waals surface area contributed by atoms with Crippen LogP contribution in [0.5, 0.6) is 0 Å². The van der Waals surface area contributed by atoms with Crippen molar-refractivity contribution < 1.29 is 15.2 Å². The van der Waals surface area contributed by atoms with E-state index >= 15 is 0 Å². The highest BCUT2D eigenvalue weighted by molar-refractivity contribution is 4.73. The molecule has 1 aliphatic rings. The highest BCUT2D eigenvalue weighted by atomic mass is 17.1. The molecule has 0 aromatic carbocycles. The molecule has 1 aliphatic heterocycles. The Balaban J connectivity index is 2.58. The summed E-state index contributed by atoms with van der Waals surface area (Å²) in [6.45, 7) is 3.74. The van der Waals surface area contributed by atoms with Crippen molar-refractivity contribution in [2.75, 3.05) is 0 Å². The maximum atomic E-state index is 11.2. The standard InChI is InChI=1S/C6H13NO3/c1-6(2)4-3-5(10-9)7(6)8/h5,7,9H,3-4H2,1-2H3. The average Bonchev–Trinajstić information content (AvgIpc) is 2.10. The molecular weight excluding hydrogens is 134 g/mol. The first-order valence-electron chi connectivity index (χ1n) is 3.42. The fourth-order valence-electron chi connectivity index (χ4n) is 1.28. The van der Waals surface area contributed by atoms with E-state index in [0.717, 1.165) is 6.42 Å². The fraction of sp³-hybridized carbons (Fsp3) is 1.00. The van der Waals surface area contributed by atoms with E-state index in [0.29, 0.717) is 6.42 Å². The van der Waals surface area contributed by atoms with Gasteiger partial charge in [0.15, 0.2) is 0 Å². The molecule has 0 aliphatic carbocycles. The van der Waals surface area contributed by atoms with E-state index in [1.54, 1.807) is 0 Å². The van der Waals surface area contributed by atoms with Crippen LogP contribution in [0, 0.1) is 5.21 Å². The van der Waals surface area contributed by atoms with Crippen LogP contribution in [0.4, 0.5) is 0 Å². The topological polar surface area (TPSA) is 57.0 Å². The minimum atomic E-state index is -0.574. The molecule has 2 unspecified atom stereocenters. The summed E-state index contributed by atoms with van der Waals surface area (Å²) < 4.78 is 0. The van der Waals surface area contributed by atoms with Crippen molar-refractivity contribution in [3.63, 3.8) is 0 Å². The quantitative estimate of drug-likeness (QED) is 0.305. The molecule has 0 saturated carbocycles. The van der Waals surface area contributed by atoms with Gasteiger partial charge in [0.1, 0.15) is 0 Å².